The number of carbonyl (C=O) groups is 3. The topological polar surface area (TPSA) is 97.5 Å². The van der Waals surface area contributed by atoms with Crippen LogP contribution in [0, 0.1) is 13.8 Å². The minimum atomic E-state index is -0.714. The van der Waals surface area contributed by atoms with Crippen molar-refractivity contribution in [3.63, 3.8) is 0 Å². The fourth-order valence-electron chi connectivity index (χ4n) is 3.19. The molecule has 0 saturated carbocycles. The number of hydrogen-bond acceptors (Lipinski definition) is 5. The van der Waals surface area contributed by atoms with Gasteiger partial charge in [-0.15, -0.1) is 0 Å². The number of ether oxygens (including phenoxy) is 2. The first-order chi connectivity index (χ1) is 13.9. The van der Waals surface area contributed by atoms with Crippen LogP contribution < -0.4 is 5.32 Å². The first-order valence-electron chi connectivity index (χ1n) is 9.23. The SMILES string of the molecule is CCOC(=O)c1c(C)[nH]c(C(=O)OCC(=O)Nc2cccc3ccccc23)c1C. The fourth-order valence-corrected chi connectivity index (χ4v) is 3.19. The Balaban J connectivity index is 1.67. The van der Waals surface area contributed by atoms with Crippen LogP contribution in [0.4, 0.5) is 5.69 Å². The van der Waals surface area contributed by atoms with Gasteiger partial charge in [-0.1, -0.05) is 36.4 Å². The molecule has 29 heavy (non-hydrogen) atoms. The molecule has 150 valence electrons. The molecule has 1 heterocycles. The maximum Gasteiger partial charge on any atom is 0.355 e. The van der Waals surface area contributed by atoms with Crippen molar-refractivity contribution in [2.75, 3.05) is 18.5 Å². The molecule has 1 amide bonds. The summed E-state index contributed by atoms with van der Waals surface area (Å²) in [7, 11) is 0. The number of anilines is 1. The molecule has 1 aromatic heterocycles. The van der Waals surface area contributed by atoms with Gasteiger partial charge in [0.25, 0.3) is 5.91 Å². The molecular formula is C22H22N2O5. The molecule has 0 atom stereocenters. The van der Waals surface area contributed by atoms with Gasteiger partial charge in [0.05, 0.1) is 12.2 Å². The lowest BCUT2D eigenvalue weighted by atomic mass is 10.1. The third-order valence-electron chi connectivity index (χ3n) is 4.52. The van der Waals surface area contributed by atoms with E-state index in [0.717, 1.165) is 10.8 Å². The van der Waals surface area contributed by atoms with E-state index in [-0.39, 0.29) is 12.3 Å². The molecule has 0 fully saturated rings. The highest BCUT2D eigenvalue weighted by Gasteiger charge is 2.24. The lowest BCUT2D eigenvalue weighted by molar-refractivity contribution is -0.119. The van der Waals surface area contributed by atoms with E-state index in [1.54, 1.807) is 26.8 Å². The maximum atomic E-state index is 12.4. The molecule has 2 N–H and O–H groups in total. The minimum Gasteiger partial charge on any atom is -0.462 e. The van der Waals surface area contributed by atoms with Crippen molar-refractivity contribution in [3.8, 4) is 0 Å². The summed E-state index contributed by atoms with van der Waals surface area (Å²) in [6.45, 7) is 4.79. The Hall–Kier alpha value is -3.61. The van der Waals surface area contributed by atoms with E-state index in [9.17, 15) is 14.4 Å². The standard InChI is InChI=1S/C22H22N2O5/c1-4-28-21(26)19-13(2)20(23-14(19)3)22(27)29-12-18(25)24-17-11-7-9-15-8-5-6-10-16(15)17/h5-11,23H,4,12H2,1-3H3,(H,24,25). The van der Waals surface area contributed by atoms with Gasteiger partial charge in [-0.2, -0.15) is 0 Å². The van der Waals surface area contributed by atoms with Gasteiger partial charge in [0.1, 0.15) is 5.69 Å². The summed E-state index contributed by atoms with van der Waals surface area (Å²) in [4.78, 5) is 39.5. The van der Waals surface area contributed by atoms with Crippen LogP contribution in [0.2, 0.25) is 0 Å². The lowest BCUT2D eigenvalue weighted by Gasteiger charge is -2.09. The molecule has 0 aliphatic rings. The monoisotopic (exact) mass is 394 g/mol. The summed E-state index contributed by atoms with van der Waals surface area (Å²) in [5, 5.41) is 4.64. The lowest BCUT2D eigenvalue weighted by Crippen LogP contribution is -2.21. The van der Waals surface area contributed by atoms with Crippen LogP contribution in [0.15, 0.2) is 42.5 Å². The largest absolute Gasteiger partial charge is 0.462 e. The van der Waals surface area contributed by atoms with Crippen molar-refractivity contribution in [1.82, 2.24) is 4.98 Å². The van der Waals surface area contributed by atoms with Crippen molar-refractivity contribution in [3.05, 3.63) is 65.0 Å². The molecule has 0 saturated heterocycles. The number of hydrogen-bond donors (Lipinski definition) is 2. The third-order valence-corrected chi connectivity index (χ3v) is 4.52. The smallest absolute Gasteiger partial charge is 0.355 e. The molecule has 0 radical (unpaired) electrons. The summed E-state index contributed by atoms with van der Waals surface area (Å²) in [5.74, 6) is -1.68. The van der Waals surface area contributed by atoms with Crippen molar-refractivity contribution >= 4 is 34.3 Å². The molecule has 0 aliphatic heterocycles. The van der Waals surface area contributed by atoms with Crippen LogP contribution in [-0.4, -0.2) is 36.0 Å². The fraction of sp³-hybridized carbons (Fsp3) is 0.227. The Labute approximate surface area is 168 Å². The Morgan fingerprint density at radius 2 is 1.69 bits per heavy atom. The quantitative estimate of drug-likeness (QED) is 0.621. The molecular weight excluding hydrogens is 372 g/mol. The predicted molar refractivity (Wildman–Crippen MR) is 109 cm³/mol. The Bertz CT molecular complexity index is 1080. The third kappa shape index (κ3) is 4.29. The molecule has 3 rings (SSSR count). The van der Waals surface area contributed by atoms with Crippen molar-refractivity contribution in [1.29, 1.82) is 0 Å². The van der Waals surface area contributed by atoms with Gasteiger partial charge in [-0.25, -0.2) is 9.59 Å². The summed E-state index contributed by atoms with van der Waals surface area (Å²) >= 11 is 0. The summed E-state index contributed by atoms with van der Waals surface area (Å²) < 4.78 is 10.1. The molecule has 0 unspecified atom stereocenters. The van der Waals surface area contributed by atoms with Crippen LogP contribution in [0.1, 0.15) is 39.0 Å². The molecule has 0 spiro atoms. The van der Waals surface area contributed by atoms with Crippen LogP contribution in [0.3, 0.4) is 0 Å². The number of aryl methyl sites for hydroxylation is 1. The second-order valence-corrected chi connectivity index (χ2v) is 6.50. The average molecular weight is 394 g/mol. The number of carbonyl (C=O) groups excluding carboxylic acids is 3. The zero-order valence-electron chi connectivity index (χ0n) is 16.5. The second kappa shape index (κ2) is 8.60. The number of H-pyrrole nitrogens is 1. The van der Waals surface area contributed by atoms with Gasteiger partial charge in [-0.3, -0.25) is 4.79 Å². The van der Waals surface area contributed by atoms with Crippen molar-refractivity contribution < 1.29 is 23.9 Å². The van der Waals surface area contributed by atoms with E-state index in [0.29, 0.717) is 22.5 Å². The molecule has 7 heteroatoms. The highest BCUT2D eigenvalue weighted by molar-refractivity contribution is 6.03. The van der Waals surface area contributed by atoms with Gasteiger partial charge < -0.3 is 19.8 Å². The zero-order chi connectivity index (χ0) is 21.0. The number of aromatic nitrogens is 1. The summed E-state index contributed by atoms with van der Waals surface area (Å²) in [6.07, 6.45) is 0. The number of nitrogens with one attached hydrogen (secondary N) is 2. The molecule has 0 aliphatic carbocycles. The van der Waals surface area contributed by atoms with E-state index in [4.69, 9.17) is 9.47 Å². The van der Waals surface area contributed by atoms with Gasteiger partial charge in [0.15, 0.2) is 6.61 Å². The summed E-state index contributed by atoms with van der Waals surface area (Å²) in [6, 6.07) is 13.2. The van der Waals surface area contributed by atoms with E-state index >= 15 is 0 Å². The molecule has 2 aromatic carbocycles. The van der Waals surface area contributed by atoms with E-state index in [1.165, 1.54) is 0 Å². The number of esters is 2. The molecule has 3 aromatic rings. The number of benzene rings is 2. The Morgan fingerprint density at radius 1 is 0.966 bits per heavy atom. The first-order valence-corrected chi connectivity index (χ1v) is 9.23. The van der Waals surface area contributed by atoms with Crippen LogP contribution in [0.5, 0.6) is 0 Å². The molecule has 0 bridgehead atoms. The van der Waals surface area contributed by atoms with Gasteiger partial charge in [-0.05, 0) is 37.8 Å². The number of fused-ring (bicyclic) bond motifs is 1. The average Bonchev–Trinajstić information content (AvgIpc) is 3.01. The highest BCUT2D eigenvalue weighted by atomic mass is 16.5. The Kier molecular flexibility index (Phi) is 5.97. The van der Waals surface area contributed by atoms with Crippen LogP contribution >= 0.6 is 0 Å². The van der Waals surface area contributed by atoms with Crippen molar-refractivity contribution in [2.45, 2.75) is 20.8 Å². The Morgan fingerprint density at radius 3 is 2.45 bits per heavy atom. The second-order valence-electron chi connectivity index (χ2n) is 6.50. The number of amides is 1. The van der Waals surface area contributed by atoms with E-state index in [2.05, 4.69) is 10.3 Å². The zero-order valence-corrected chi connectivity index (χ0v) is 16.5. The number of rotatable bonds is 6. The molecule has 7 nitrogen and oxygen atoms in total. The number of aromatic amines is 1. The van der Waals surface area contributed by atoms with Crippen molar-refractivity contribution in [2.24, 2.45) is 0 Å². The maximum absolute atomic E-state index is 12.4. The van der Waals surface area contributed by atoms with Crippen LogP contribution in [-0.2, 0) is 14.3 Å². The van der Waals surface area contributed by atoms with Gasteiger partial charge >= 0.3 is 11.9 Å². The van der Waals surface area contributed by atoms with Crippen LogP contribution in [0.25, 0.3) is 10.8 Å². The summed E-state index contributed by atoms with van der Waals surface area (Å²) in [5.41, 5.74) is 2.01. The van der Waals surface area contributed by atoms with Gasteiger partial charge in [0.2, 0.25) is 0 Å². The predicted octanol–water partition coefficient (Wildman–Crippen LogP) is 3.76. The minimum absolute atomic E-state index is 0.128. The van der Waals surface area contributed by atoms with E-state index in [1.807, 2.05) is 36.4 Å². The normalized spacial score (nSPS) is 10.6. The van der Waals surface area contributed by atoms with E-state index < -0.39 is 24.5 Å². The first kappa shape index (κ1) is 20.1. The van der Waals surface area contributed by atoms with Gasteiger partial charge in [0, 0.05) is 16.8 Å². The highest BCUT2D eigenvalue weighted by Crippen LogP contribution is 2.23.